The van der Waals surface area contributed by atoms with Gasteiger partial charge in [-0.15, -0.1) is 0 Å². The number of ether oxygens (including phenoxy) is 2. The Balaban J connectivity index is 1.47. The Kier molecular flexibility index (Phi) is 4.82. The van der Waals surface area contributed by atoms with Crippen LogP contribution < -0.4 is 5.32 Å². The van der Waals surface area contributed by atoms with Gasteiger partial charge in [0.1, 0.15) is 0 Å². The third-order valence-corrected chi connectivity index (χ3v) is 3.10. The monoisotopic (exact) mass is 225 g/mol. The van der Waals surface area contributed by atoms with Crippen LogP contribution in [0.4, 0.5) is 0 Å². The van der Waals surface area contributed by atoms with Crippen LogP contribution in [0.5, 0.6) is 0 Å². The molecule has 3 nitrogen and oxygen atoms in total. The van der Waals surface area contributed by atoms with Gasteiger partial charge in [0.2, 0.25) is 0 Å². The molecule has 0 bridgehead atoms. The molecule has 0 aromatic carbocycles. The van der Waals surface area contributed by atoms with Gasteiger partial charge in [0.25, 0.3) is 0 Å². The molecule has 1 aliphatic heterocycles. The van der Waals surface area contributed by atoms with E-state index in [-0.39, 0.29) is 0 Å². The van der Waals surface area contributed by atoms with E-state index in [0.29, 0.717) is 12.7 Å². The molecular weight excluding hydrogens is 202 g/mol. The van der Waals surface area contributed by atoms with Crippen LogP contribution in [0.25, 0.3) is 0 Å². The van der Waals surface area contributed by atoms with Gasteiger partial charge in [-0.25, -0.2) is 0 Å². The van der Waals surface area contributed by atoms with Crippen molar-refractivity contribution >= 4 is 0 Å². The predicted octanol–water partition coefficient (Wildman–Crippen LogP) is 1.88. The Labute approximate surface area is 98.2 Å². The summed E-state index contributed by atoms with van der Waals surface area (Å²) in [5, 5.41) is 3.43. The molecular formula is C13H23NO2. The SMILES string of the molecule is C=C(CNC1CC1)COCC1CCCCO1. The highest BCUT2D eigenvalue weighted by Crippen LogP contribution is 2.18. The summed E-state index contributed by atoms with van der Waals surface area (Å²) in [5.41, 5.74) is 1.14. The molecule has 2 fully saturated rings. The molecule has 1 aliphatic carbocycles. The normalized spacial score (nSPS) is 25.6. The van der Waals surface area contributed by atoms with Crippen molar-refractivity contribution in [3.63, 3.8) is 0 Å². The van der Waals surface area contributed by atoms with Crippen molar-refractivity contribution in [2.75, 3.05) is 26.4 Å². The van der Waals surface area contributed by atoms with Crippen LogP contribution in [0.2, 0.25) is 0 Å². The zero-order valence-corrected chi connectivity index (χ0v) is 10.0. The van der Waals surface area contributed by atoms with Gasteiger partial charge in [-0.05, 0) is 37.7 Å². The van der Waals surface area contributed by atoms with E-state index in [9.17, 15) is 0 Å². The van der Waals surface area contributed by atoms with Gasteiger partial charge in [-0.1, -0.05) is 6.58 Å². The van der Waals surface area contributed by atoms with Gasteiger partial charge < -0.3 is 14.8 Å². The zero-order chi connectivity index (χ0) is 11.2. The molecule has 0 amide bonds. The molecule has 2 aliphatic rings. The second kappa shape index (κ2) is 6.38. The van der Waals surface area contributed by atoms with E-state index in [1.807, 2.05) is 0 Å². The van der Waals surface area contributed by atoms with Crippen molar-refractivity contribution in [3.05, 3.63) is 12.2 Å². The molecule has 1 N–H and O–H groups in total. The maximum atomic E-state index is 5.62. The Bertz CT molecular complexity index is 220. The first-order chi connectivity index (χ1) is 7.84. The number of hydrogen-bond donors (Lipinski definition) is 1. The number of rotatable bonds is 7. The summed E-state index contributed by atoms with van der Waals surface area (Å²) in [5.74, 6) is 0. The van der Waals surface area contributed by atoms with Crippen molar-refractivity contribution in [2.45, 2.75) is 44.2 Å². The van der Waals surface area contributed by atoms with Crippen molar-refractivity contribution in [3.8, 4) is 0 Å². The molecule has 0 aromatic rings. The summed E-state index contributed by atoms with van der Waals surface area (Å²) in [6, 6.07) is 0.749. The maximum Gasteiger partial charge on any atom is 0.0808 e. The summed E-state index contributed by atoms with van der Waals surface area (Å²) >= 11 is 0. The largest absolute Gasteiger partial charge is 0.376 e. The van der Waals surface area contributed by atoms with E-state index in [1.54, 1.807) is 0 Å². The average molecular weight is 225 g/mol. The molecule has 92 valence electrons. The van der Waals surface area contributed by atoms with Crippen LogP contribution in [0.1, 0.15) is 32.1 Å². The van der Waals surface area contributed by atoms with Crippen LogP contribution in [0, 0.1) is 0 Å². The maximum absolute atomic E-state index is 5.62. The molecule has 0 spiro atoms. The molecule has 16 heavy (non-hydrogen) atoms. The van der Waals surface area contributed by atoms with Gasteiger partial charge in [0.15, 0.2) is 0 Å². The van der Waals surface area contributed by atoms with Gasteiger partial charge in [0, 0.05) is 19.2 Å². The summed E-state index contributed by atoms with van der Waals surface area (Å²) in [4.78, 5) is 0. The van der Waals surface area contributed by atoms with E-state index in [2.05, 4.69) is 11.9 Å². The molecule has 0 aromatic heterocycles. The van der Waals surface area contributed by atoms with Gasteiger partial charge in [-0.3, -0.25) is 0 Å². The highest BCUT2D eigenvalue weighted by atomic mass is 16.5. The van der Waals surface area contributed by atoms with Gasteiger partial charge >= 0.3 is 0 Å². The molecule has 2 rings (SSSR count). The van der Waals surface area contributed by atoms with E-state index >= 15 is 0 Å². The fourth-order valence-corrected chi connectivity index (χ4v) is 1.90. The van der Waals surface area contributed by atoms with Crippen molar-refractivity contribution in [1.29, 1.82) is 0 Å². The molecule has 1 heterocycles. The third-order valence-electron chi connectivity index (χ3n) is 3.10. The first kappa shape index (κ1) is 12.1. The number of nitrogens with one attached hydrogen (secondary N) is 1. The number of hydrogen-bond acceptors (Lipinski definition) is 3. The van der Waals surface area contributed by atoms with Crippen molar-refractivity contribution in [1.82, 2.24) is 5.32 Å². The Hall–Kier alpha value is -0.380. The second-order valence-electron chi connectivity index (χ2n) is 4.91. The van der Waals surface area contributed by atoms with E-state index in [0.717, 1.165) is 37.8 Å². The molecule has 1 unspecified atom stereocenters. The van der Waals surface area contributed by atoms with Crippen LogP contribution in [0.3, 0.4) is 0 Å². The van der Waals surface area contributed by atoms with Crippen LogP contribution in [-0.4, -0.2) is 38.5 Å². The average Bonchev–Trinajstić information content (AvgIpc) is 3.12. The quantitative estimate of drug-likeness (QED) is 0.671. The molecule has 1 atom stereocenters. The van der Waals surface area contributed by atoms with Gasteiger partial charge in [0.05, 0.1) is 19.3 Å². The minimum atomic E-state index is 0.318. The molecule has 0 radical (unpaired) electrons. The zero-order valence-electron chi connectivity index (χ0n) is 10.0. The third kappa shape index (κ3) is 4.64. The van der Waals surface area contributed by atoms with Crippen molar-refractivity contribution in [2.24, 2.45) is 0 Å². The first-order valence-electron chi connectivity index (χ1n) is 6.44. The van der Waals surface area contributed by atoms with Crippen LogP contribution in [0.15, 0.2) is 12.2 Å². The summed E-state index contributed by atoms with van der Waals surface area (Å²) in [7, 11) is 0. The molecule has 3 heteroatoms. The summed E-state index contributed by atoms with van der Waals surface area (Å²) < 4.78 is 11.2. The second-order valence-corrected chi connectivity index (χ2v) is 4.91. The lowest BCUT2D eigenvalue weighted by atomic mass is 10.1. The Morgan fingerprint density at radius 2 is 2.19 bits per heavy atom. The highest BCUT2D eigenvalue weighted by molar-refractivity contribution is 4.99. The smallest absolute Gasteiger partial charge is 0.0808 e. The topological polar surface area (TPSA) is 30.5 Å². The van der Waals surface area contributed by atoms with Crippen LogP contribution >= 0.6 is 0 Å². The Morgan fingerprint density at radius 1 is 1.31 bits per heavy atom. The van der Waals surface area contributed by atoms with E-state index < -0.39 is 0 Å². The van der Waals surface area contributed by atoms with Gasteiger partial charge in [-0.2, -0.15) is 0 Å². The van der Waals surface area contributed by atoms with Crippen LogP contribution in [-0.2, 0) is 9.47 Å². The standard InChI is InChI=1S/C13H23NO2/c1-11(8-14-12-5-6-12)9-15-10-13-4-2-3-7-16-13/h12-14H,1-10H2. The summed E-state index contributed by atoms with van der Waals surface area (Å²) in [6.07, 6.45) is 6.59. The van der Waals surface area contributed by atoms with E-state index in [4.69, 9.17) is 9.47 Å². The lowest BCUT2D eigenvalue weighted by Crippen LogP contribution is -2.26. The molecule has 1 saturated heterocycles. The Morgan fingerprint density at radius 3 is 2.88 bits per heavy atom. The lowest BCUT2D eigenvalue weighted by Gasteiger charge is -2.22. The van der Waals surface area contributed by atoms with Crippen molar-refractivity contribution < 1.29 is 9.47 Å². The highest BCUT2D eigenvalue weighted by Gasteiger charge is 2.20. The molecule has 1 saturated carbocycles. The first-order valence-corrected chi connectivity index (χ1v) is 6.44. The predicted molar refractivity (Wildman–Crippen MR) is 64.6 cm³/mol. The fraction of sp³-hybridized carbons (Fsp3) is 0.846. The van der Waals surface area contributed by atoms with E-state index in [1.165, 1.54) is 25.7 Å². The summed E-state index contributed by atoms with van der Waals surface area (Å²) in [6.45, 7) is 7.20. The minimum absolute atomic E-state index is 0.318. The minimum Gasteiger partial charge on any atom is -0.376 e. The lowest BCUT2D eigenvalue weighted by molar-refractivity contribution is -0.0365. The fourth-order valence-electron chi connectivity index (χ4n) is 1.90.